The fourth-order valence-electron chi connectivity index (χ4n) is 4.54. The van der Waals surface area contributed by atoms with Gasteiger partial charge in [0, 0.05) is 25.4 Å². The number of benzene rings is 1. The van der Waals surface area contributed by atoms with E-state index in [0.29, 0.717) is 36.2 Å². The van der Waals surface area contributed by atoms with Gasteiger partial charge in [0.05, 0.1) is 4.90 Å². The normalized spacial score (nSPS) is 23.5. The smallest absolute Gasteiger partial charge is 0.243 e. The Labute approximate surface area is 166 Å². The van der Waals surface area contributed by atoms with Crippen molar-refractivity contribution in [2.75, 3.05) is 13.1 Å². The molecule has 28 heavy (non-hydrogen) atoms. The molecule has 0 N–H and O–H groups in total. The van der Waals surface area contributed by atoms with Crippen LogP contribution in [0.2, 0.25) is 0 Å². The monoisotopic (exact) mass is 401 g/mol. The van der Waals surface area contributed by atoms with Gasteiger partial charge >= 0.3 is 0 Å². The Kier molecular flexibility index (Phi) is 4.75. The number of rotatable bonds is 5. The fraction of sp³-hybridized carbons (Fsp3) is 0.619. The Morgan fingerprint density at radius 2 is 1.89 bits per heavy atom. The van der Waals surface area contributed by atoms with Gasteiger partial charge in [0.1, 0.15) is 0 Å². The largest absolute Gasteiger partial charge is 0.339 e. The average molecular weight is 402 g/mol. The maximum Gasteiger partial charge on any atom is 0.243 e. The van der Waals surface area contributed by atoms with E-state index in [9.17, 15) is 8.42 Å². The van der Waals surface area contributed by atoms with E-state index < -0.39 is 10.0 Å². The molecule has 2 fully saturated rings. The Morgan fingerprint density at radius 1 is 1.07 bits per heavy atom. The molecule has 0 unspecified atom stereocenters. The summed E-state index contributed by atoms with van der Waals surface area (Å²) in [6.45, 7) is 1.12. The van der Waals surface area contributed by atoms with Crippen molar-refractivity contribution in [3.8, 4) is 0 Å². The molecule has 1 saturated carbocycles. The number of hydrogen-bond donors (Lipinski definition) is 0. The van der Waals surface area contributed by atoms with Gasteiger partial charge < -0.3 is 4.52 Å². The summed E-state index contributed by atoms with van der Waals surface area (Å²) in [6, 6.07) is 5.72. The number of nitrogens with zero attached hydrogens (tertiary/aromatic N) is 3. The minimum absolute atomic E-state index is 0.230. The van der Waals surface area contributed by atoms with Crippen molar-refractivity contribution in [3.05, 3.63) is 41.0 Å². The second-order valence-electron chi connectivity index (χ2n) is 8.53. The summed E-state index contributed by atoms with van der Waals surface area (Å²) in [5, 5.41) is 4.08. The Balaban J connectivity index is 1.30. The zero-order valence-corrected chi connectivity index (χ0v) is 17.0. The van der Waals surface area contributed by atoms with Gasteiger partial charge in [0.2, 0.25) is 15.9 Å². The topological polar surface area (TPSA) is 76.3 Å². The molecule has 3 aliphatic rings. The van der Waals surface area contributed by atoms with Gasteiger partial charge in [-0.2, -0.15) is 9.29 Å². The van der Waals surface area contributed by atoms with E-state index in [1.54, 1.807) is 10.4 Å². The number of aromatic nitrogens is 2. The third kappa shape index (κ3) is 3.62. The highest BCUT2D eigenvalue weighted by molar-refractivity contribution is 7.89. The van der Waals surface area contributed by atoms with E-state index in [4.69, 9.17) is 4.52 Å². The first-order chi connectivity index (χ1) is 13.6. The van der Waals surface area contributed by atoms with Crippen molar-refractivity contribution in [1.29, 1.82) is 0 Å². The van der Waals surface area contributed by atoms with Crippen LogP contribution in [0.25, 0.3) is 0 Å². The number of aryl methyl sites for hydroxylation is 2. The van der Waals surface area contributed by atoms with Crippen LogP contribution in [0.4, 0.5) is 0 Å². The minimum Gasteiger partial charge on any atom is -0.339 e. The van der Waals surface area contributed by atoms with Crippen LogP contribution in [0.1, 0.15) is 67.3 Å². The van der Waals surface area contributed by atoms with E-state index in [1.165, 1.54) is 17.5 Å². The average Bonchev–Trinajstić information content (AvgIpc) is 3.47. The van der Waals surface area contributed by atoms with Crippen molar-refractivity contribution in [1.82, 2.24) is 14.4 Å². The molecule has 1 saturated heterocycles. The number of sulfonamides is 1. The summed E-state index contributed by atoms with van der Waals surface area (Å²) in [5.41, 5.74) is 2.52. The van der Waals surface area contributed by atoms with Crippen molar-refractivity contribution >= 4 is 10.0 Å². The van der Waals surface area contributed by atoms with Crippen LogP contribution in [-0.4, -0.2) is 36.0 Å². The van der Waals surface area contributed by atoms with Gasteiger partial charge in [-0.25, -0.2) is 8.42 Å². The Morgan fingerprint density at radius 3 is 2.71 bits per heavy atom. The molecule has 1 atom stereocenters. The minimum atomic E-state index is -3.45. The lowest BCUT2D eigenvalue weighted by Gasteiger charge is -2.31. The SMILES string of the molecule is O=S(=O)(c1ccc2c(c1)CCCC2)N1CCC[C@@H](Cc2nc(C3CC3)no2)C1. The number of fused-ring (bicyclic) bond motifs is 1. The first-order valence-corrected chi connectivity index (χ1v) is 12.0. The molecule has 150 valence electrons. The van der Waals surface area contributed by atoms with Gasteiger partial charge in [0.15, 0.2) is 5.82 Å². The molecule has 0 bridgehead atoms. The zero-order valence-electron chi connectivity index (χ0n) is 16.1. The third-order valence-corrected chi connectivity index (χ3v) is 8.19. The second-order valence-corrected chi connectivity index (χ2v) is 10.5. The van der Waals surface area contributed by atoms with Gasteiger partial charge in [0.25, 0.3) is 0 Å². The van der Waals surface area contributed by atoms with E-state index in [2.05, 4.69) is 10.1 Å². The summed E-state index contributed by atoms with van der Waals surface area (Å²) in [6.07, 6.45) is 9.23. The lowest BCUT2D eigenvalue weighted by atomic mass is 9.92. The molecule has 1 aliphatic heterocycles. The fourth-order valence-corrected chi connectivity index (χ4v) is 6.14. The van der Waals surface area contributed by atoms with Gasteiger partial charge in [-0.05, 0) is 80.5 Å². The van der Waals surface area contributed by atoms with Crippen LogP contribution in [0.5, 0.6) is 0 Å². The van der Waals surface area contributed by atoms with Crippen LogP contribution < -0.4 is 0 Å². The van der Waals surface area contributed by atoms with Crippen LogP contribution in [-0.2, 0) is 29.3 Å². The lowest BCUT2D eigenvalue weighted by Crippen LogP contribution is -2.40. The standard InChI is InChI=1S/C21H27N3O3S/c25-28(26,19-10-9-16-5-1-2-6-18(16)13-19)24-11-3-4-15(14-24)12-20-22-21(23-27-20)17-7-8-17/h9-10,13,15,17H,1-8,11-12,14H2/t15-/m0/s1. The van der Waals surface area contributed by atoms with Crippen molar-refractivity contribution in [2.24, 2.45) is 5.92 Å². The Bertz CT molecular complexity index is 965. The summed E-state index contributed by atoms with van der Waals surface area (Å²) < 4.78 is 33.6. The van der Waals surface area contributed by atoms with Crippen molar-refractivity contribution in [3.63, 3.8) is 0 Å². The second kappa shape index (κ2) is 7.26. The highest BCUT2D eigenvalue weighted by Gasteiger charge is 2.33. The maximum absolute atomic E-state index is 13.2. The van der Waals surface area contributed by atoms with E-state index in [0.717, 1.165) is 50.8 Å². The van der Waals surface area contributed by atoms with E-state index >= 15 is 0 Å². The molecule has 1 aromatic carbocycles. The molecular weight excluding hydrogens is 374 g/mol. The molecule has 5 rings (SSSR count). The molecule has 0 amide bonds. The lowest BCUT2D eigenvalue weighted by molar-refractivity contribution is 0.246. The molecule has 0 radical (unpaired) electrons. The predicted octanol–water partition coefficient (Wildman–Crippen LogP) is 3.47. The van der Waals surface area contributed by atoms with Gasteiger partial charge in [-0.15, -0.1) is 0 Å². The first-order valence-electron chi connectivity index (χ1n) is 10.5. The molecule has 2 heterocycles. The van der Waals surface area contributed by atoms with Crippen molar-refractivity contribution < 1.29 is 12.9 Å². The number of hydrogen-bond acceptors (Lipinski definition) is 5. The van der Waals surface area contributed by atoms with Crippen LogP contribution in [0, 0.1) is 5.92 Å². The highest BCUT2D eigenvalue weighted by Crippen LogP contribution is 2.38. The Hall–Kier alpha value is -1.73. The van der Waals surface area contributed by atoms with E-state index in [-0.39, 0.29) is 5.92 Å². The first kappa shape index (κ1) is 18.3. The van der Waals surface area contributed by atoms with Gasteiger partial charge in [-0.3, -0.25) is 0 Å². The van der Waals surface area contributed by atoms with Gasteiger partial charge in [-0.1, -0.05) is 11.2 Å². The predicted molar refractivity (Wildman–Crippen MR) is 105 cm³/mol. The molecule has 1 aromatic heterocycles. The van der Waals surface area contributed by atoms with E-state index in [1.807, 2.05) is 12.1 Å². The summed E-state index contributed by atoms with van der Waals surface area (Å²) in [4.78, 5) is 4.96. The van der Waals surface area contributed by atoms with Crippen LogP contribution in [0.3, 0.4) is 0 Å². The zero-order chi connectivity index (χ0) is 19.1. The molecule has 7 heteroatoms. The maximum atomic E-state index is 13.2. The molecule has 0 spiro atoms. The number of piperidine rings is 1. The van der Waals surface area contributed by atoms with Crippen molar-refractivity contribution in [2.45, 2.75) is 68.6 Å². The molecular formula is C21H27N3O3S. The third-order valence-electron chi connectivity index (χ3n) is 6.33. The highest BCUT2D eigenvalue weighted by atomic mass is 32.2. The molecule has 6 nitrogen and oxygen atoms in total. The summed E-state index contributed by atoms with van der Waals surface area (Å²) in [7, 11) is -3.45. The summed E-state index contributed by atoms with van der Waals surface area (Å²) in [5.74, 6) is 2.18. The molecule has 2 aromatic rings. The summed E-state index contributed by atoms with van der Waals surface area (Å²) >= 11 is 0. The van der Waals surface area contributed by atoms with Crippen LogP contribution >= 0.6 is 0 Å². The van der Waals surface area contributed by atoms with Crippen LogP contribution in [0.15, 0.2) is 27.6 Å². The molecule has 2 aliphatic carbocycles. The quantitative estimate of drug-likeness (QED) is 0.767.